The molecule has 5 aromatic rings. The molecule has 12 nitrogen and oxygen atoms in total. The summed E-state index contributed by atoms with van der Waals surface area (Å²) in [5.41, 5.74) is 1.19. The van der Waals surface area contributed by atoms with Crippen molar-refractivity contribution in [2.45, 2.75) is 12.5 Å². The van der Waals surface area contributed by atoms with E-state index in [0.29, 0.717) is 28.2 Å². The average molecular weight is 599 g/mol. The first-order valence-corrected chi connectivity index (χ1v) is 13.5. The minimum absolute atomic E-state index is 0.102. The minimum atomic E-state index is -1.22. The van der Waals surface area contributed by atoms with Crippen LogP contribution in [0.1, 0.15) is 17.2 Å². The van der Waals surface area contributed by atoms with Gasteiger partial charge in [-0.2, -0.15) is 0 Å². The summed E-state index contributed by atoms with van der Waals surface area (Å²) in [5, 5.41) is 45.0. The van der Waals surface area contributed by atoms with Crippen molar-refractivity contribution in [3.63, 3.8) is 0 Å². The first kappa shape index (κ1) is 27.2. The van der Waals surface area contributed by atoms with Gasteiger partial charge in [-0.3, -0.25) is 0 Å². The Morgan fingerprint density at radius 2 is 1.30 bits per heavy atom. The number of carbonyl (C=O) groups is 4. The predicted molar refractivity (Wildman–Crippen MR) is 155 cm³/mol. The summed E-state index contributed by atoms with van der Waals surface area (Å²) in [6.45, 7) is -2.73. The summed E-state index contributed by atoms with van der Waals surface area (Å²) in [4.78, 5) is 46.2. The van der Waals surface area contributed by atoms with Crippen molar-refractivity contribution in [1.82, 2.24) is 0 Å². The molecule has 0 fully saturated rings. The Hall–Kier alpha value is -5.62. The zero-order valence-electron chi connectivity index (χ0n) is 22.7. The molecule has 222 valence electrons. The lowest BCUT2D eigenvalue weighted by molar-refractivity contribution is -0.145. The Morgan fingerprint density at radius 3 is 2.00 bits per heavy atom. The van der Waals surface area contributed by atoms with Gasteiger partial charge in [-0.1, -0.05) is 36.4 Å². The quantitative estimate of drug-likeness (QED) is 0.122. The predicted octanol–water partition coefficient (Wildman–Crippen LogP) is 2.37. The number of benzene rings is 5. The normalized spacial score (nSPS) is 14.9. The molecule has 5 aromatic carbocycles. The summed E-state index contributed by atoms with van der Waals surface area (Å²) < 4.78 is 23.2. The second-order valence-corrected chi connectivity index (χ2v) is 10.5. The largest absolute Gasteiger partial charge is 0.482 e. The molecule has 0 saturated heterocycles. The number of ether oxygens (including phenoxy) is 4. The van der Waals surface area contributed by atoms with E-state index < -0.39 is 56.4 Å². The highest BCUT2D eigenvalue weighted by Gasteiger charge is 2.34. The molecule has 2 aliphatic carbocycles. The van der Waals surface area contributed by atoms with E-state index in [-0.39, 0.29) is 17.3 Å². The molecular formula is C32H22O12. The number of carboxylic acid groups (broad SMARTS) is 4. The molecule has 0 heterocycles. The first-order chi connectivity index (χ1) is 21.2. The molecule has 44 heavy (non-hydrogen) atoms. The average Bonchev–Trinajstić information content (AvgIpc) is 2.99. The summed E-state index contributed by atoms with van der Waals surface area (Å²) >= 11 is 0. The van der Waals surface area contributed by atoms with Gasteiger partial charge in [0.1, 0.15) is 18.5 Å². The molecule has 0 bridgehead atoms. The summed E-state index contributed by atoms with van der Waals surface area (Å²) in [6, 6.07) is 10.9. The van der Waals surface area contributed by atoms with Gasteiger partial charge in [-0.05, 0) is 50.2 Å². The van der Waals surface area contributed by atoms with Crippen LogP contribution in [0, 0.1) is 0 Å². The van der Waals surface area contributed by atoms with Gasteiger partial charge in [0.2, 0.25) is 0 Å². The monoisotopic (exact) mass is 598 g/mol. The Balaban J connectivity index is 1.69. The number of hydrogen-bond acceptors (Lipinski definition) is 8. The number of hydrogen-bond donors (Lipinski definition) is 4. The van der Waals surface area contributed by atoms with Crippen LogP contribution in [0.25, 0.3) is 54.9 Å². The molecule has 0 aromatic heterocycles. The molecule has 0 radical (unpaired) electrons. The van der Waals surface area contributed by atoms with Gasteiger partial charge in [0, 0.05) is 26.9 Å². The topological polar surface area (TPSA) is 186 Å². The van der Waals surface area contributed by atoms with Gasteiger partial charge in [0.15, 0.2) is 31.3 Å². The maximum absolute atomic E-state index is 11.6. The van der Waals surface area contributed by atoms with Gasteiger partial charge >= 0.3 is 23.9 Å². The highest BCUT2D eigenvalue weighted by molar-refractivity contribution is 6.37. The fourth-order valence-electron chi connectivity index (χ4n) is 6.56. The zero-order valence-corrected chi connectivity index (χ0v) is 22.7. The Labute approximate surface area is 245 Å². The Bertz CT molecular complexity index is 2230. The lowest BCUT2D eigenvalue weighted by Gasteiger charge is -2.30. The van der Waals surface area contributed by atoms with Crippen molar-refractivity contribution in [2.24, 2.45) is 0 Å². The molecule has 0 saturated carbocycles. The lowest BCUT2D eigenvalue weighted by Crippen LogP contribution is -2.28. The van der Waals surface area contributed by atoms with Gasteiger partial charge in [0.25, 0.3) is 0 Å². The van der Waals surface area contributed by atoms with E-state index in [1.165, 1.54) is 0 Å². The molecule has 0 spiro atoms. The van der Waals surface area contributed by atoms with Crippen LogP contribution in [0.2, 0.25) is 0 Å². The molecule has 1 unspecified atom stereocenters. The van der Waals surface area contributed by atoms with Crippen LogP contribution in [0.5, 0.6) is 11.5 Å². The van der Waals surface area contributed by atoms with Crippen LogP contribution in [-0.2, 0) is 35.1 Å². The van der Waals surface area contributed by atoms with E-state index in [0.717, 1.165) is 42.9 Å². The minimum Gasteiger partial charge on any atom is -0.482 e. The van der Waals surface area contributed by atoms with Crippen molar-refractivity contribution in [3.05, 3.63) is 58.0 Å². The molecule has 4 N–H and O–H groups in total. The molecular weight excluding hydrogens is 576 g/mol. The van der Waals surface area contributed by atoms with Crippen LogP contribution in [0.3, 0.4) is 0 Å². The van der Waals surface area contributed by atoms with E-state index in [1.807, 2.05) is 24.3 Å². The van der Waals surface area contributed by atoms with Crippen LogP contribution in [-0.4, -0.2) is 70.7 Å². The van der Waals surface area contributed by atoms with E-state index in [4.69, 9.17) is 18.9 Å². The van der Waals surface area contributed by atoms with E-state index in [1.54, 1.807) is 18.2 Å². The van der Waals surface area contributed by atoms with Crippen molar-refractivity contribution in [2.75, 3.05) is 26.4 Å². The number of aliphatic carboxylic acids is 4. The maximum Gasteiger partial charge on any atom is 0.341 e. The van der Waals surface area contributed by atoms with Gasteiger partial charge in [-0.25, -0.2) is 19.2 Å². The first-order valence-electron chi connectivity index (χ1n) is 13.5. The second-order valence-electron chi connectivity index (χ2n) is 10.5. The van der Waals surface area contributed by atoms with Gasteiger partial charge < -0.3 is 39.4 Å². The van der Waals surface area contributed by atoms with Crippen molar-refractivity contribution in [1.29, 1.82) is 0 Å². The van der Waals surface area contributed by atoms with Crippen LogP contribution in [0.4, 0.5) is 0 Å². The summed E-state index contributed by atoms with van der Waals surface area (Å²) in [5.74, 6) is -4.50. The molecule has 2 aliphatic rings. The zero-order chi connectivity index (χ0) is 30.9. The maximum atomic E-state index is 11.6. The van der Waals surface area contributed by atoms with E-state index in [2.05, 4.69) is 0 Å². The van der Waals surface area contributed by atoms with Crippen LogP contribution in [0.15, 0.2) is 36.4 Å². The van der Waals surface area contributed by atoms with Crippen LogP contribution < -0.4 is 19.9 Å². The third-order valence-electron chi connectivity index (χ3n) is 7.95. The van der Waals surface area contributed by atoms with E-state index >= 15 is 0 Å². The van der Waals surface area contributed by atoms with Crippen molar-refractivity contribution < 1.29 is 58.6 Å². The molecule has 7 rings (SSSR count). The molecule has 0 aliphatic heterocycles. The highest BCUT2D eigenvalue weighted by Crippen LogP contribution is 2.52. The van der Waals surface area contributed by atoms with E-state index in [9.17, 15) is 39.6 Å². The highest BCUT2D eigenvalue weighted by atomic mass is 16.6. The van der Waals surface area contributed by atoms with Crippen molar-refractivity contribution >= 4 is 78.8 Å². The lowest BCUT2D eigenvalue weighted by atomic mass is 9.79. The third kappa shape index (κ3) is 4.02. The number of rotatable bonds is 12. The molecule has 1 atom stereocenters. The summed E-state index contributed by atoms with van der Waals surface area (Å²) in [7, 11) is 0. The smallest absolute Gasteiger partial charge is 0.341 e. The Morgan fingerprint density at radius 1 is 0.636 bits per heavy atom. The summed E-state index contributed by atoms with van der Waals surface area (Å²) in [6.07, 6.45) is 1.23. The van der Waals surface area contributed by atoms with Crippen molar-refractivity contribution in [3.8, 4) is 11.5 Å². The standard InChI is InChI=1S/C32H22O12/c33-19(34)9-41-29-15-5-1-13-2-6-16-26-23(13)25(15)27-17(30(29)42-10-20(35)36)7-3-14-4-8-18(28(26)24(14)27)32(44-12-22(39)40)31(16)43-11-21(37)38/h1-7,29H,8-12H2,(H,33,34)(H,35,36)(H,37,38)(H,39,40). The van der Waals surface area contributed by atoms with Gasteiger partial charge in [0.05, 0.1) is 0 Å². The van der Waals surface area contributed by atoms with Gasteiger partial charge in [-0.15, -0.1) is 0 Å². The third-order valence-corrected chi connectivity index (χ3v) is 7.95. The molecule has 0 amide bonds. The fraction of sp³-hybridized carbons (Fsp3) is 0.188. The molecule has 12 heteroatoms. The Kier molecular flexibility index (Phi) is 6.18. The second kappa shape index (κ2) is 9.99. The number of carboxylic acids is 4. The van der Waals surface area contributed by atoms with Crippen LogP contribution >= 0.6 is 0 Å². The SMILES string of the molecule is O=C(O)COC1=c2ccc3c4c5c(c(OCC(=O)O)c(OCC(=O)O)c6ccc7ccc(c(c24)c7c65)C1OCC(=O)O)CC=3. The fourth-order valence-corrected chi connectivity index (χ4v) is 6.56.